The molecule has 3 rings (SSSR count). The fourth-order valence-electron chi connectivity index (χ4n) is 2.29. The molecule has 2 aromatic rings. The number of oxime groups is 1. The first-order chi connectivity index (χ1) is 12.9. The second-order valence-electron chi connectivity index (χ2n) is 5.37. The molecule has 9 heteroatoms. The van der Waals surface area contributed by atoms with Gasteiger partial charge in [-0.05, 0) is 42.5 Å². The molecule has 7 nitrogen and oxygen atoms in total. The van der Waals surface area contributed by atoms with E-state index in [9.17, 15) is 14.4 Å². The summed E-state index contributed by atoms with van der Waals surface area (Å²) in [6, 6.07) is 10.3. The van der Waals surface area contributed by atoms with Crippen molar-refractivity contribution in [3.63, 3.8) is 0 Å². The third-order valence-corrected chi connectivity index (χ3v) is 4.15. The summed E-state index contributed by atoms with van der Waals surface area (Å²) in [6.07, 6.45) is 2.34. The average molecular weight is 404 g/mol. The molecule has 0 aliphatic carbocycles. The first-order valence-corrected chi connectivity index (χ1v) is 8.29. The third kappa shape index (κ3) is 3.99. The van der Waals surface area contributed by atoms with Gasteiger partial charge in [-0.2, -0.15) is 0 Å². The lowest BCUT2D eigenvalue weighted by Gasteiger charge is -2.13. The lowest BCUT2D eigenvalue weighted by Crippen LogP contribution is -2.29. The summed E-state index contributed by atoms with van der Waals surface area (Å²) >= 11 is 11.8. The minimum Gasteiger partial charge on any atom is -0.380 e. The van der Waals surface area contributed by atoms with Crippen LogP contribution in [0.3, 0.4) is 0 Å². The van der Waals surface area contributed by atoms with Crippen LogP contribution in [0.2, 0.25) is 10.0 Å². The summed E-state index contributed by atoms with van der Waals surface area (Å²) in [7, 11) is 0. The number of benzene rings is 2. The van der Waals surface area contributed by atoms with E-state index in [2.05, 4.69) is 5.16 Å². The molecule has 2 N–H and O–H groups in total. The monoisotopic (exact) mass is 403 g/mol. The highest BCUT2D eigenvalue weighted by molar-refractivity contribution is 6.36. The van der Waals surface area contributed by atoms with Gasteiger partial charge in [0.15, 0.2) is 5.84 Å². The Bertz CT molecular complexity index is 982. The molecule has 0 radical (unpaired) electrons. The summed E-state index contributed by atoms with van der Waals surface area (Å²) in [4.78, 5) is 41.2. The number of nitrogens with zero attached hydrogens (tertiary/aromatic N) is 2. The summed E-state index contributed by atoms with van der Waals surface area (Å²) in [5.41, 5.74) is 6.62. The third-order valence-electron chi connectivity index (χ3n) is 3.60. The Morgan fingerprint density at radius 3 is 2.22 bits per heavy atom. The van der Waals surface area contributed by atoms with E-state index in [0.29, 0.717) is 16.3 Å². The van der Waals surface area contributed by atoms with E-state index in [1.165, 1.54) is 42.5 Å². The lowest BCUT2D eigenvalue weighted by molar-refractivity contribution is -0.119. The summed E-state index contributed by atoms with van der Waals surface area (Å²) < 4.78 is 0. The number of nitrogens with two attached hydrogens (primary N) is 1. The van der Waals surface area contributed by atoms with Crippen LogP contribution >= 0.6 is 23.2 Å². The smallest absolute Gasteiger partial charge is 0.365 e. The van der Waals surface area contributed by atoms with Gasteiger partial charge in [0.2, 0.25) is 0 Å². The number of anilines is 1. The molecule has 1 aliphatic heterocycles. The number of hydrogen-bond donors (Lipinski definition) is 1. The van der Waals surface area contributed by atoms with Gasteiger partial charge in [0.25, 0.3) is 11.8 Å². The molecule has 136 valence electrons. The summed E-state index contributed by atoms with van der Waals surface area (Å²) in [5.74, 6) is -1.77. The van der Waals surface area contributed by atoms with Crippen molar-refractivity contribution in [1.29, 1.82) is 0 Å². The van der Waals surface area contributed by atoms with Crippen molar-refractivity contribution >= 4 is 52.5 Å². The van der Waals surface area contributed by atoms with Crippen LogP contribution in [0.25, 0.3) is 0 Å². The van der Waals surface area contributed by atoms with Crippen LogP contribution < -0.4 is 10.6 Å². The molecule has 0 aromatic heterocycles. The van der Waals surface area contributed by atoms with Gasteiger partial charge in [-0.3, -0.25) is 9.59 Å². The van der Waals surface area contributed by atoms with Gasteiger partial charge < -0.3 is 10.6 Å². The molecular formula is C18H11Cl2N3O4. The second kappa shape index (κ2) is 7.61. The number of hydrogen-bond acceptors (Lipinski definition) is 5. The number of carbonyl (C=O) groups excluding carboxylic acids is 3. The van der Waals surface area contributed by atoms with Gasteiger partial charge in [-0.15, -0.1) is 0 Å². The van der Waals surface area contributed by atoms with Gasteiger partial charge in [0, 0.05) is 22.7 Å². The number of carbonyl (C=O) groups is 3. The Morgan fingerprint density at radius 1 is 1.00 bits per heavy atom. The average Bonchev–Trinajstić information content (AvgIpc) is 2.98. The van der Waals surface area contributed by atoms with Crippen molar-refractivity contribution in [2.75, 3.05) is 4.90 Å². The van der Waals surface area contributed by atoms with E-state index in [1.54, 1.807) is 12.1 Å². The van der Waals surface area contributed by atoms with E-state index in [4.69, 9.17) is 33.8 Å². The van der Waals surface area contributed by atoms with Crippen LogP contribution in [0, 0.1) is 0 Å². The molecule has 1 heterocycles. The zero-order valence-electron chi connectivity index (χ0n) is 13.6. The van der Waals surface area contributed by atoms with Gasteiger partial charge in [-0.1, -0.05) is 28.4 Å². The molecule has 0 spiro atoms. The molecule has 0 atom stereocenters. The standard InChI is InChI=1S/C18H11Cl2N3O4/c19-11-3-6-13(14(20)9-11)17(21)22-27-18(26)10-1-4-12(5-2-10)23-15(24)7-8-16(23)25/h1-9H,(H2,21,22). The number of halogens is 2. The SMILES string of the molecule is N/C(=N\OC(=O)c1ccc(N2C(=O)C=CC2=O)cc1)c1ccc(Cl)cc1Cl. The molecule has 0 saturated heterocycles. The number of rotatable bonds is 4. The predicted molar refractivity (Wildman–Crippen MR) is 101 cm³/mol. The predicted octanol–water partition coefficient (Wildman–Crippen LogP) is 2.90. The maximum Gasteiger partial charge on any atom is 0.365 e. The van der Waals surface area contributed by atoms with Crippen molar-refractivity contribution in [2.24, 2.45) is 10.9 Å². The molecule has 0 saturated carbocycles. The fourth-order valence-corrected chi connectivity index (χ4v) is 2.80. The van der Waals surface area contributed by atoms with Crippen LogP contribution in [-0.2, 0) is 14.4 Å². The van der Waals surface area contributed by atoms with Crippen LogP contribution in [0.4, 0.5) is 5.69 Å². The van der Waals surface area contributed by atoms with Crippen molar-refractivity contribution in [3.05, 3.63) is 75.8 Å². The number of imide groups is 1. The van der Waals surface area contributed by atoms with E-state index in [0.717, 1.165) is 4.90 Å². The Balaban J connectivity index is 1.71. The Hall–Kier alpha value is -3.16. The number of amidine groups is 1. The van der Waals surface area contributed by atoms with Crippen molar-refractivity contribution in [1.82, 2.24) is 0 Å². The molecule has 2 amide bonds. The molecule has 2 aromatic carbocycles. The van der Waals surface area contributed by atoms with Gasteiger partial charge in [-0.25, -0.2) is 9.69 Å². The van der Waals surface area contributed by atoms with Crippen LogP contribution in [0.1, 0.15) is 15.9 Å². The molecule has 1 aliphatic rings. The van der Waals surface area contributed by atoms with Crippen molar-refractivity contribution in [2.45, 2.75) is 0 Å². The van der Waals surface area contributed by atoms with Gasteiger partial charge >= 0.3 is 5.97 Å². The molecule has 0 bridgehead atoms. The maximum atomic E-state index is 12.1. The van der Waals surface area contributed by atoms with E-state index in [-0.39, 0.29) is 16.4 Å². The van der Waals surface area contributed by atoms with E-state index < -0.39 is 17.8 Å². The van der Waals surface area contributed by atoms with Crippen molar-refractivity contribution in [3.8, 4) is 0 Å². The zero-order valence-corrected chi connectivity index (χ0v) is 15.1. The van der Waals surface area contributed by atoms with Crippen LogP contribution in [0.5, 0.6) is 0 Å². The topological polar surface area (TPSA) is 102 Å². The Labute approximate surface area is 163 Å². The molecule has 0 unspecified atom stereocenters. The molecular weight excluding hydrogens is 393 g/mol. The normalized spacial score (nSPS) is 14.0. The summed E-state index contributed by atoms with van der Waals surface area (Å²) in [5, 5.41) is 4.27. The molecule has 27 heavy (non-hydrogen) atoms. The zero-order chi connectivity index (χ0) is 19.6. The van der Waals surface area contributed by atoms with E-state index in [1.807, 2.05) is 0 Å². The minimum absolute atomic E-state index is 0.0963. The summed E-state index contributed by atoms with van der Waals surface area (Å²) in [6.45, 7) is 0. The highest BCUT2D eigenvalue weighted by atomic mass is 35.5. The van der Waals surface area contributed by atoms with Gasteiger partial charge in [0.1, 0.15) is 0 Å². The molecule has 0 fully saturated rings. The van der Waals surface area contributed by atoms with Crippen LogP contribution in [-0.4, -0.2) is 23.6 Å². The number of amides is 2. The maximum absolute atomic E-state index is 12.1. The first kappa shape index (κ1) is 18.6. The second-order valence-corrected chi connectivity index (χ2v) is 6.22. The fraction of sp³-hybridized carbons (Fsp3) is 0. The van der Waals surface area contributed by atoms with Crippen LogP contribution in [0.15, 0.2) is 59.8 Å². The minimum atomic E-state index is -0.771. The first-order valence-electron chi connectivity index (χ1n) is 7.53. The highest BCUT2D eigenvalue weighted by Crippen LogP contribution is 2.21. The highest BCUT2D eigenvalue weighted by Gasteiger charge is 2.25. The van der Waals surface area contributed by atoms with E-state index >= 15 is 0 Å². The largest absolute Gasteiger partial charge is 0.380 e. The quantitative estimate of drug-likeness (QED) is 0.278. The van der Waals surface area contributed by atoms with Gasteiger partial charge in [0.05, 0.1) is 16.3 Å². The van der Waals surface area contributed by atoms with Crippen molar-refractivity contribution < 1.29 is 19.2 Å². The lowest BCUT2D eigenvalue weighted by atomic mass is 10.2. The Morgan fingerprint density at radius 2 is 1.63 bits per heavy atom. The Kier molecular flexibility index (Phi) is 5.25.